The second-order valence-electron chi connectivity index (χ2n) is 3.12. The van der Waals surface area contributed by atoms with E-state index in [0.29, 0.717) is 5.41 Å². The first-order valence-corrected chi connectivity index (χ1v) is 3.18. The van der Waals surface area contributed by atoms with Crippen LogP contribution >= 0.6 is 0 Å². The van der Waals surface area contributed by atoms with Crippen LogP contribution < -0.4 is 0 Å². The standard InChI is InChI=1S/C6H8NO2/c8-5(9)7-3-6(4-7)1-2-6/h1-4H2. The first-order valence-electron chi connectivity index (χ1n) is 3.18. The minimum Gasteiger partial charge on any atom is -0.304 e. The van der Waals surface area contributed by atoms with E-state index in [0.717, 1.165) is 13.1 Å². The Labute approximate surface area is 53.3 Å². The van der Waals surface area contributed by atoms with Gasteiger partial charge < -0.3 is 4.90 Å². The van der Waals surface area contributed by atoms with E-state index < -0.39 is 6.09 Å². The fraction of sp³-hybridized carbons (Fsp3) is 0.833. The average molecular weight is 126 g/mol. The van der Waals surface area contributed by atoms with Gasteiger partial charge in [0.15, 0.2) is 0 Å². The Morgan fingerprint density at radius 2 is 1.89 bits per heavy atom. The molecule has 9 heavy (non-hydrogen) atoms. The molecule has 0 atom stereocenters. The second-order valence-corrected chi connectivity index (χ2v) is 3.12. The normalized spacial score (nSPS) is 27.8. The summed E-state index contributed by atoms with van der Waals surface area (Å²) >= 11 is 0. The lowest BCUT2D eigenvalue weighted by Crippen LogP contribution is -2.50. The minimum absolute atomic E-state index is 0.431. The molecule has 0 unspecified atom stereocenters. The zero-order chi connectivity index (χ0) is 6.48. The van der Waals surface area contributed by atoms with Crippen molar-refractivity contribution in [3.8, 4) is 0 Å². The Kier molecular flexibility index (Phi) is 0.693. The van der Waals surface area contributed by atoms with Crippen LogP contribution in [-0.2, 0) is 5.11 Å². The fourth-order valence-corrected chi connectivity index (χ4v) is 1.39. The number of amides is 1. The van der Waals surface area contributed by atoms with E-state index >= 15 is 0 Å². The van der Waals surface area contributed by atoms with Gasteiger partial charge in [-0.05, 0) is 12.8 Å². The summed E-state index contributed by atoms with van der Waals surface area (Å²) in [5.74, 6) is 0. The number of rotatable bonds is 0. The van der Waals surface area contributed by atoms with Crippen LogP contribution in [0.15, 0.2) is 0 Å². The molecule has 1 saturated carbocycles. The fourth-order valence-electron chi connectivity index (χ4n) is 1.39. The Morgan fingerprint density at radius 3 is 2.22 bits per heavy atom. The van der Waals surface area contributed by atoms with Gasteiger partial charge in [0.05, 0.1) is 0 Å². The molecule has 2 rings (SSSR count). The lowest BCUT2D eigenvalue weighted by molar-refractivity contribution is 0.0537. The van der Waals surface area contributed by atoms with Gasteiger partial charge in [0.25, 0.3) is 0 Å². The maximum Gasteiger partial charge on any atom is 0.453 e. The highest BCUT2D eigenvalue weighted by Crippen LogP contribution is 2.52. The molecule has 1 saturated heterocycles. The Hall–Kier alpha value is -0.730. The van der Waals surface area contributed by atoms with Crippen molar-refractivity contribution < 1.29 is 9.90 Å². The van der Waals surface area contributed by atoms with Crippen molar-refractivity contribution in [2.75, 3.05) is 13.1 Å². The number of likely N-dealkylation sites (tertiary alicyclic amines) is 1. The van der Waals surface area contributed by atoms with Gasteiger partial charge in [0.2, 0.25) is 0 Å². The van der Waals surface area contributed by atoms with E-state index in [1.54, 1.807) is 0 Å². The molecule has 0 bridgehead atoms. The van der Waals surface area contributed by atoms with Crippen molar-refractivity contribution in [2.45, 2.75) is 12.8 Å². The summed E-state index contributed by atoms with van der Waals surface area (Å²) in [6, 6.07) is 0. The lowest BCUT2D eigenvalue weighted by Gasteiger charge is -2.36. The molecule has 1 amide bonds. The highest BCUT2D eigenvalue weighted by molar-refractivity contribution is 5.66. The molecule has 2 aliphatic rings. The number of nitrogens with zero attached hydrogens (tertiary/aromatic N) is 1. The van der Waals surface area contributed by atoms with E-state index in [4.69, 9.17) is 0 Å². The van der Waals surface area contributed by atoms with Crippen molar-refractivity contribution in [2.24, 2.45) is 5.41 Å². The SMILES string of the molecule is [O]C(=O)N1CC2(CC2)C1. The van der Waals surface area contributed by atoms with Gasteiger partial charge in [0.1, 0.15) is 0 Å². The van der Waals surface area contributed by atoms with E-state index in [2.05, 4.69) is 0 Å². The monoisotopic (exact) mass is 126 g/mol. The molecule has 1 heterocycles. The third-order valence-corrected chi connectivity index (χ3v) is 2.27. The van der Waals surface area contributed by atoms with Gasteiger partial charge in [-0.3, -0.25) is 0 Å². The van der Waals surface area contributed by atoms with E-state index in [1.807, 2.05) is 0 Å². The Bertz CT molecular complexity index is 154. The van der Waals surface area contributed by atoms with Crippen LogP contribution in [-0.4, -0.2) is 24.1 Å². The molecule has 0 N–H and O–H groups in total. The highest BCUT2D eigenvalue weighted by atomic mass is 16.4. The van der Waals surface area contributed by atoms with Crippen LogP contribution in [0.1, 0.15) is 12.8 Å². The third kappa shape index (κ3) is 0.605. The first-order chi connectivity index (χ1) is 4.22. The summed E-state index contributed by atoms with van der Waals surface area (Å²) < 4.78 is 0. The molecule has 0 aromatic carbocycles. The zero-order valence-electron chi connectivity index (χ0n) is 5.09. The maximum atomic E-state index is 10.1. The first kappa shape index (κ1) is 5.09. The molecular formula is C6H8NO2. The largest absolute Gasteiger partial charge is 0.453 e. The van der Waals surface area contributed by atoms with Crippen molar-refractivity contribution >= 4 is 6.09 Å². The molecule has 49 valence electrons. The smallest absolute Gasteiger partial charge is 0.304 e. The second kappa shape index (κ2) is 1.23. The lowest BCUT2D eigenvalue weighted by atomic mass is 9.98. The third-order valence-electron chi connectivity index (χ3n) is 2.27. The van der Waals surface area contributed by atoms with Crippen LogP contribution in [0.2, 0.25) is 0 Å². The molecule has 3 nitrogen and oxygen atoms in total. The molecule has 1 aliphatic carbocycles. The van der Waals surface area contributed by atoms with Gasteiger partial charge in [-0.1, -0.05) is 0 Å². The Morgan fingerprint density at radius 1 is 1.33 bits per heavy atom. The van der Waals surface area contributed by atoms with Gasteiger partial charge in [0, 0.05) is 18.5 Å². The summed E-state index contributed by atoms with van der Waals surface area (Å²) in [5, 5.41) is 10.1. The van der Waals surface area contributed by atoms with Gasteiger partial charge in [-0.15, -0.1) is 0 Å². The molecule has 1 aliphatic heterocycles. The van der Waals surface area contributed by atoms with Crippen molar-refractivity contribution in [3.63, 3.8) is 0 Å². The van der Waals surface area contributed by atoms with E-state index in [9.17, 15) is 9.90 Å². The maximum absolute atomic E-state index is 10.1. The van der Waals surface area contributed by atoms with Crippen LogP contribution in [0.4, 0.5) is 4.79 Å². The highest BCUT2D eigenvalue weighted by Gasteiger charge is 2.54. The van der Waals surface area contributed by atoms with Crippen LogP contribution in [0.25, 0.3) is 0 Å². The summed E-state index contributed by atoms with van der Waals surface area (Å²) in [5.41, 5.74) is 0.431. The molecule has 2 fully saturated rings. The van der Waals surface area contributed by atoms with Crippen molar-refractivity contribution in [3.05, 3.63) is 0 Å². The topological polar surface area (TPSA) is 40.2 Å². The van der Waals surface area contributed by atoms with Crippen molar-refractivity contribution in [1.29, 1.82) is 0 Å². The molecule has 0 aromatic rings. The van der Waals surface area contributed by atoms with Crippen LogP contribution in [0, 0.1) is 5.41 Å². The number of hydrogen-bond acceptors (Lipinski definition) is 1. The van der Waals surface area contributed by atoms with Gasteiger partial charge >= 0.3 is 6.09 Å². The Balaban J connectivity index is 1.90. The summed E-state index contributed by atoms with van der Waals surface area (Å²) in [7, 11) is 0. The number of hydrogen-bond donors (Lipinski definition) is 0. The predicted molar refractivity (Wildman–Crippen MR) is 29.3 cm³/mol. The molecule has 3 heteroatoms. The van der Waals surface area contributed by atoms with Crippen LogP contribution in [0.5, 0.6) is 0 Å². The zero-order valence-corrected chi connectivity index (χ0v) is 5.09. The number of carbonyl (C=O) groups excluding carboxylic acids is 1. The number of carbonyl (C=O) groups is 1. The molecule has 1 spiro atoms. The predicted octanol–water partition coefficient (Wildman–Crippen LogP) is 0.633. The molecular weight excluding hydrogens is 118 g/mol. The molecule has 1 radical (unpaired) electrons. The summed E-state index contributed by atoms with van der Waals surface area (Å²) in [4.78, 5) is 11.5. The quantitative estimate of drug-likeness (QED) is 0.469. The molecule has 0 aromatic heterocycles. The average Bonchev–Trinajstić information content (AvgIpc) is 2.35. The summed E-state index contributed by atoms with van der Waals surface area (Å²) in [6.45, 7) is 1.46. The van der Waals surface area contributed by atoms with Gasteiger partial charge in [-0.25, -0.2) is 9.90 Å². The van der Waals surface area contributed by atoms with Crippen LogP contribution in [0.3, 0.4) is 0 Å². The van der Waals surface area contributed by atoms with Gasteiger partial charge in [-0.2, -0.15) is 0 Å². The van der Waals surface area contributed by atoms with Crippen molar-refractivity contribution in [1.82, 2.24) is 4.90 Å². The van der Waals surface area contributed by atoms with E-state index in [-0.39, 0.29) is 0 Å². The van der Waals surface area contributed by atoms with E-state index in [1.165, 1.54) is 17.7 Å². The summed E-state index contributed by atoms with van der Waals surface area (Å²) in [6.07, 6.45) is 1.43. The minimum atomic E-state index is -1.01.